The number of carbonyl (C=O) groups is 2. The minimum absolute atomic E-state index is 0.122. The molecule has 148 valence electrons. The lowest BCUT2D eigenvalue weighted by molar-refractivity contribution is 0.0693. The maximum absolute atomic E-state index is 12.0. The van der Waals surface area contributed by atoms with Crippen molar-refractivity contribution in [3.05, 3.63) is 77.9 Å². The number of anilines is 2. The van der Waals surface area contributed by atoms with E-state index >= 15 is 0 Å². The van der Waals surface area contributed by atoms with Crippen molar-refractivity contribution in [3.8, 4) is 16.9 Å². The fourth-order valence-electron chi connectivity index (χ4n) is 2.82. The molecular weight excluding hydrogens is 396 g/mol. The summed E-state index contributed by atoms with van der Waals surface area (Å²) in [5, 5.41) is 19.0. The summed E-state index contributed by atoms with van der Waals surface area (Å²) in [6.45, 7) is 0. The van der Waals surface area contributed by atoms with Crippen LogP contribution in [0.25, 0.3) is 11.1 Å². The molecule has 0 spiro atoms. The highest BCUT2D eigenvalue weighted by atomic mass is 32.2. The third kappa shape index (κ3) is 4.26. The average molecular weight is 412 g/mol. The van der Waals surface area contributed by atoms with Gasteiger partial charge in [0.25, 0.3) is 11.3 Å². The number of hydrogen-bond donors (Lipinski definition) is 4. The van der Waals surface area contributed by atoms with Gasteiger partial charge in [-0.3, -0.25) is 9.35 Å². The smallest absolute Gasteiger partial charge is 0.339 e. The number of nitrogens with two attached hydrogens (primary N) is 1. The zero-order valence-corrected chi connectivity index (χ0v) is 15.7. The first-order valence-electron chi connectivity index (χ1n) is 8.25. The van der Waals surface area contributed by atoms with E-state index in [0.29, 0.717) is 22.4 Å². The number of carboxylic acids is 1. The molecule has 1 atom stereocenters. The molecule has 0 radical (unpaired) electrons. The van der Waals surface area contributed by atoms with Crippen molar-refractivity contribution in [2.24, 2.45) is 5.73 Å². The van der Waals surface area contributed by atoms with Gasteiger partial charge in [0.1, 0.15) is 11.3 Å². The Morgan fingerprint density at radius 2 is 1.52 bits per heavy atom. The number of rotatable bonds is 6. The number of nitrogens with zero attached hydrogens (tertiary/aromatic N) is 1. The van der Waals surface area contributed by atoms with Gasteiger partial charge in [-0.2, -0.15) is 0 Å². The number of phenols is 1. The largest absolute Gasteiger partial charge is 0.507 e. The number of aromatic hydroxyl groups is 1. The van der Waals surface area contributed by atoms with Gasteiger partial charge in [0, 0.05) is 11.6 Å². The molecule has 9 heteroatoms. The van der Waals surface area contributed by atoms with E-state index in [2.05, 4.69) is 0 Å². The topological polar surface area (TPSA) is 141 Å². The summed E-state index contributed by atoms with van der Waals surface area (Å²) in [6.07, 6.45) is 0. The molecule has 3 rings (SSSR count). The van der Waals surface area contributed by atoms with Crippen molar-refractivity contribution in [1.29, 1.82) is 0 Å². The zero-order chi connectivity index (χ0) is 21.1. The molecule has 0 aliphatic rings. The lowest BCUT2D eigenvalue weighted by atomic mass is 10.0. The van der Waals surface area contributed by atoms with Crippen LogP contribution in [-0.2, 0) is 11.3 Å². The van der Waals surface area contributed by atoms with E-state index < -0.39 is 28.9 Å². The molecule has 0 heterocycles. The van der Waals surface area contributed by atoms with Crippen LogP contribution in [0, 0.1) is 0 Å². The zero-order valence-electron chi connectivity index (χ0n) is 14.9. The second-order valence-electron chi connectivity index (χ2n) is 6.03. The first-order chi connectivity index (χ1) is 13.8. The number of primary amides is 1. The van der Waals surface area contributed by atoms with Crippen molar-refractivity contribution in [3.63, 3.8) is 0 Å². The summed E-state index contributed by atoms with van der Waals surface area (Å²) in [6, 6.07) is 16.8. The van der Waals surface area contributed by atoms with Gasteiger partial charge in [0.2, 0.25) is 5.91 Å². The normalized spacial score (nSPS) is 11.6. The SMILES string of the molecule is NC(=O)c1cccc(-c2cccc(N(c3ccc(C(=O)O)c(O)c3)S(=O)O)c2)c1. The number of carbonyl (C=O) groups excluding carboxylic acids is 1. The molecule has 0 fully saturated rings. The standard InChI is InChI=1S/C20H16N2O6S/c21-19(24)14-5-1-3-12(9-14)13-4-2-6-15(10-13)22(29(27)28)16-7-8-17(20(25)26)18(23)11-16/h1-11,23H,(H2,21,24)(H,25,26)(H,27,28). The maximum atomic E-state index is 12.0. The fraction of sp³-hybridized carbons (Fsp3) is 0. The molecule has 29 heavy (non-hydrogen) atoms. The molecule has 5 N–H and O–H groups in total. The van der Waals surface area contributed by atoms with Gasteiger partial charge in [0.05, 0.1) is 11.4 Å². The first kappa shape index (κ1) is 20.1. The van der Waals surface area contributed by atoms with Crippen molar-refractivity contribution >= 4 is 34.5 Å². The highest BCUT2D eigenvalue weighted by Gasteiger charge is 2.19. The Labute approximate surface area is 168 Å². The minimum Gasteiger partial charge on any atom is -0.507 e. The van der Waals surface area contributed by atoms with Crippen LogP contribution < -0.4 is 10.0 Å². The van der Waals surface area contributed by atoms with Crippen LogP contribution in [0.2, 0.25) is 0 Å². The number of hydrogen-bond acceptors (Lipinski definition) is 4. The second-order valence-corrected chi connectivity index (χ2v) is 6.85. The highest BCUT2D eigenvalue weighted by Crippen LogP contribution is 2.33. The molecule has 0 saturated heterocycles. The van der Waals surface area contributed by atoms with Crippen LogP contribution >= 0.6 is 0 Å². The molecule has 1 amide bonds. The molecule has 3 aromatic rings. The van der Waals surface area contributed by atoms with Gasteiger partial charge in [-0.15, -0.1) is 0 Å². The average Bonchev–Trinajstić information content (AvgIpc) is 2.68. The van der Waals surface area contributed by atoms with Crippen LogP contribution in [0.5, 0.6) is 5.75 Å². The monoisotopic (exact) mass is 412 g/mol. The number of amides is 1. The Kier molecular flexibility index (Phi) is 5.62. The van der Waals surface area contributed by atoms with Crippen LogP contribution in [0.15, 0.2) is 66.7 Å². The summed E-state index contributed by atoms with van der Waals surface area (Å²) in [5.74, 6) is -2.42. The summed E-state index contributed by atoms with van der Waals surface area (Å²) in [4.78, 5) is 22.5. The van der Waals surface area contributed by atoms with E-state index in [9.17, 15) is 23.5 Å². The van der Waals surface area contributed by atoms with E-state index in [-0.39, 0.29) is 11.3 Å². The van der Waals surface area contributed by atoms with Gasteiger partial charge in [-0.25, -0.2) is 13.3 Å². The molecule has 0 aliphatic heterocycles. The van der Waals surface area contributed by atoms with Crippen LogP contribution in [0.4, 0.5) is 11.4 Å². The Bertz CT molecular complexity index is 1130. The van der Waals surface area contributed by atoms with Crippen LogP contribution in [-0.4, -0.2) is 30.9 Å². The second kappa shape index (κ2) is 8.13. The summed E-state index contributed by atoms with van der Waals surface area (Å²) in [7, 11) is 0. The molecule has 0 aliphatic carbocycles. The third-order valence-electron chi connectivity index (χ3n) is 4.16. The number of benzene rings is 3. The first-order valence-corrected chi connectivity index (χ1v) is 9.32. The Morgan fingerprint density at radius 1 is 0.897 bits per heavy atom. The number of carboxylic acid groups (broad SMARTS) is 1. The molecule has 0 saturated carbocycles. The van der Waals surface area contributed by atoms with E-state index in [0.717, 1.165) is 16.4 Å². The summed E-state index contributed by atoms with van der Waals surface area (Å²) in [5.41, 5.74) is 7.09. The van der Waals surface area contributed by atoms with E-state index in [1.165, 1.54) is 6.07 Å². The van der Waals surface area contributed by atoms with Gasteiger partial charge < -0.3 is 15.9 Å². The van der Waals surface area contributed by atoms with Crippen LogP contribution in [0.1, 0.15) is 20.7 Å². The molecular formula is C20H16N2O6S. The van der Waals surface area contributed by atoms with Crippen LogP contribution in [0.3, 0.4) is 0 Å². The quantitative estimate of drug-likeness (QED) is 0.458. The summed E-state index contributed by atoms with van der Waals surface area (Å²) >= 11 is -2.51. The van der Waals surface area contributed by atoms with E-state index in [1.807, 2.05) is 0 Å². The van der Waals surface area contributed by atoms with E-state index in [1.54, 1.807) is 48.5 Å². The lowest BCUT2D eigenvalue weighted by Gasteiger charge is -2.21. The molecule has 0 bridgehead atoms. The fourth-order valence-corrected chi connectivity index (χ4v) is 3.41. The maximum Gasteiger partial charge on any atom is 0.339 e. The van der Waals surface area contributed by atoms with Gasteiger partial charge >= 0.3 is 5.97 Å². The van der Waals surface area contributed by atoms with Crippen molar-refractivity contribution in [2.75, 3.05) is 4.31 Å². The van der Waals surface area contributed by atoms with Gasteiger partial charge in [0.15, 0.2) is 0 Å². The molecule has 3 aromatic carbocycles. The Morgan fingerprint density at radius 3 is 2.10 bits per heavy atom. The predicted molar refractivity (Wildman–Crippen MR) is 108 cm³/mol. The highest BCUT2D eigenvalue weighted by molar-refractivity contribution is 7.81. The predicted octanol–water partition coefficient (Wildman–Crippen LogP) is 3.13. The van der Waals surface area contributed by atoms with Crippen molar-refractivity contribution < 1.29 is 28.6 Å². The lowest BCUT2D eigenvalue weighted by Crippen LogP contribution is -2.19. The third-order valence-corrected chi connectivity index (χ3v) is 4.90. The van der Waals surface area contributed by atoms with Gasteiger partial charge in [-0.1, -0.05) is 24.3 Å². The molecule has 1 unspecified atom stereocenters. The molecule has 8 nitrogen and oxygen atoms in total. The van der Waals surface area contributed by atoms with Gasteiger partial charge in [-0.05, 0) is 47.5 Å². The minimum atomic E-state index is -2.51. The number of aromatic carboxylic acids is 1. The molecule has 0 aromatic heterocycles. The van der Waals surface area contributed by atoms with Crippen molar-refractivity contribution in [2.45, 2.75) is 0 Å². The summed E-state index contributed by atoms with van der Waals surface area (Å²) < 4.78 is 22.8. The van der Waals surface area contributed by atoms with E-state index in [4.69, 9.17) is 10.8 Å². The van der Waals surface area contributed by atoms with Crippen molar-refractivity contribution in [1.82, 2.24) is 0 Å². The Hall–Kier alpha value is -3.69. The Balaban J connectivity index is 2.06.